The maximum Gasteiger partial charge on any atom is 0.165 e. The highest BCUT2D eigenvalue weighted by Gasteiger charge is 2.19. The SMILES string of the molecule is C=C/C=C\c1cn(-c2ccccc2)c2ccc(-c3cccc4c3sc3c(-c5nc(-c6ccccc6)nc(-c6ccc7c(c6)sc6ccccc67)n5)cccc34)cc12. The predicted molar refractivity (Wildman–Crippen MR) is 243 cm³/mol. The minimum Gasteiger partial charge on any atom is -0.316 e. The van der Waals surface area contributed by atoms with Crippen LogP contribution < -0.4 is 0 Å². The summed E-state index contributed by atoms with van der Waals surface area (Å²) in [6.45, 7) is 3.92. The maximum atomic E-state index is 5.23. The van der Waals surface area contributed by atoms with E-state index < -0.39 is 0 Å². The molecule has 7 aromatic carbocycles. The van der Waals surface area contributed by atoms with Gasteiger partial charge in [0.1, 0.15) is 0 Å². The summed E-state index contributed by atoms with van der Waals surface area (Å²) in [5.74, 6) is 1.98. The predicted octanol–water partition coefficient (Wildman–Crippen LogP) is 14.4. The molecule has 0 saturated carbocycles. The molecule has 268 valence electrons. The van der Waals surface area contributed by atoms with Gasteiger partial charge in [-0.15, -0.1) is 22.7 Å². The van der Waals surface area contributed by atoms with Crippen molar-refractivity contribution in [2.75, 3.05) is 0 Å². The molecule has 0 fully saturated rings. The monoisotopic (exact) mass is 764 g/mol. The van der Waals surface area contributed by atoms with Gasteiger partial charge in [0, 0.05) is 79.9 Å². The van der Waals surface area contributed by atoms with E-state index in [1.54, 1.807) is 22.7 Å². The number of hydrogen-bond donors (Lipinski definition) is 0. The minimum atomic E-state index is 0.655. The first-order chi connectivity index (χ1) is 28.2. The molecule has 4 heterocycles. The Kier molecular flexibility index (Phi) is 7.98. The number of fused-ring (bicyclic) bond motifs is 7. The number of aromatic nitrogens is 4. The quantitative estimate of drug-likeness (QED) is 0.152. The summed E-state index contributed by atoms with van der Waals surface area (Å²) >= 11 is 3.61. The Balaban J connectivity index is 1.08. The lowest BCUT2D eigenvalue weighted by molar-refractivity contribution is 1.08. The lowest BCUT2D eigenvalue weighted by Crippen LogP contribution is -2.00. The van der Waals surface area contributed by atoms with Crippen LogP contribution in [0.2, 0.25) is 0 Å². The van der Waals surface area contributed by atoms with Crippen molar-refractivity contribution in [3.05, 3.63) is 188 Å². The second kappa shape index (κ2) is 13.6. The van der Waals surface area contributed by atoms with Gasteiger partial charge in [-0.25, -0.2) is 15.0 Å². The highest BCUT2D eigenvalue weighted by molar-refractivity contribution is 7.27. The van der Waals surface area contributed by atoms with E-state index in [0.29, 0.717) is 17.5 Å². The Labute approximate surface area is 337 Å². The molecule has 0 saturated heterocycles. The van der Waals surface area contributed by atoms with Gasteiger partial charge in [-0.3, -0.25) is 0 Å². The van der Waals surface area contributed by atoms with Crippen LogP contribution in [-0.2, 0) is 0 Å². The second-order valence-electron chi connectivity index (χ2n) is 14.1. The zero-order valence-corrected chi connectivity index (χ0v) is 32.3. The fraction of sp³-hybridized carbons (Fsp3) is 0. The third-order valence-electron chi connectivity index (χ3n) is 10.7. The fourth-order valence-corrected chi connectivity index (χ4v) is 10.5. The van der Waals surface area contributed by atoms with Crippen molar-refractivity contribution in [2.45, 2.75) is 0 Å². The molecular weight excluding hydrogens is 733 g/mol. The molecule has 0 aliphatic heterocycles. The van der Waals surface area contributed by atoms with Gasteiger partial charge < -0.3 is 4.57 Å². The van der Waals surface area contributed by atoms with E-state index in [4.69, 9.17) is 15.0 Å². The van der Waals surface area contributed by atoms with Crippen molar-refractivity contribution in [1.29, 1.82) is 0 Å². The highest BCUT2D eigenvalue weighted by Crippen LogP contribution is 2.44. The topological polar surface area (TPSA) is 43.6 Å². The summed E-state index contributed by atoms with van der Waals surface area (Å²) in [5, 5.41) is 6.12. The van der Waals surface area contributed by atoms with Crippen LogP contribution in [0.25, 0.3) is 108 Å². The fourth-order valence-electron chi connectivity index (χ4n) is 7.96. The van der Waals surface area contributed by atoms with Gasteiger partial charge in [0.25, 0.3) is 0 Å². The van der Waals surface area contributed by atoms with Crippen molar-refractivity contribution >= 4 is 80.0 Å². The lowest BCUT2D eigenvalue weighted by atomic mass is 10.00. The molecule has 0 aliphatic carbocycles. The Morgan fingerprint density at radius 1 is 0.474 bits per heavy atom. The number of rotatable bonds is 7. The van der Waals surface area contributed by atoms with Crippen LogP contribution >= 0.6 is 22.7 Å². The van der Waals surface area contributed by atoms with E-state index in [9.17, 15) is 0 Å². The van der Waals surface area contributed by atoms with Gasteiger partial charge in [0.15, 0.2) is 17.5 Å². The van der Waals surface area contributed by atoms with E-state index in [0.717, 1.165) is 38.2 Å². The zero-order chi connectivity index (χ0) is 37.9. The first-order valence-electron chi connectivity index (χ1n) is 18.9. The third-order valence-corrected chi connectivity index (χ3v) is 13.1. The molecule has 0 aliphatic rings. The molecule has 0 atom stereocenters. The summed E-state index contributed by atoms with van der Waals surface area (Å²) in [4.78, 5) is 15.5. The summed E-state index contributed by atoms with van der Waals surface area (Å²) in [5.41, 5.74) is 8.73. The Morgan fingerprint density at radius 2 is 1.12 bits per heavy atom. The molecule has 0 spiro atoms. The number of nitrogens with zero attached hydrogens (tertiary/aromatic N) is 4. The average Bonchev–Trinajstić information content (AvgIpc) is 3.97. The normalized spacial score (nSPS) is 11.9. The van der Waals surface area contributed by atoms with Gasteiger partial charge in [0.05, 0.1) is 5.52 Å². The lowest BCUT2D eigenvalue weighted by Gasteiger charge is -2.09. The summed E-state index contributed by atoms with van der Waals surface area (Å²) in [6.07, 6.45) is 8.18. The highest BCUT2D eigenvalue weighted by atomic mass is 32.1. The van der Waals surface area contributed by atoms with Crippen LogP contribution in [0.5, 0.6) is 0 Å². The van der Waals surface area contributed by atoms with Gasteiger partial charge in [-0.1, -0.05) is 140 Å². The summed E-state index contributed by atoms with van der Waals surface area (Å²) in [7, 11) is 0. The van der Waals surface area contributed by atoms with Gasteiger partial charge in [-0.05, 0) is 53.6 Å². The molecule has 4 aromatic heterocycles. The molecule has 6 heteroatoms. The van der Waals surface area contributed by atoms with Crippen LogP contribution in [0.1, 0.15) is 5.56 Å². The molecule has 0 radical (unpaired) electrons. The summed E-state index contributed by atoms with van der Waals surface area (Å²) < 4.78 is 7.15. The smallest absolute Gasteiger partial charge is 0.165 e. The van der Waals surface area contributed by atoms with Gasteiger partial charge >= 0.3 is 0 Å². The van der Waals surface area contributed by atoms with Crippen LogP contribution in [0.15, 0.2) is 183 Å². The Bertz CT molecular complexity index is 3370. The average molecular weight is 765 g/mol. The number of hydrogen-bond acceptors (Lipinski definition) is 5. The second-order valence-corrected chi connectivity index (χ2v) is 16.2. The standard InChI is InChI=1S/C51H32N4S2/c1-2-3-14-35-31-55(36-17-8-5-9-18-36)44-28-26-33(29-43(35)44)37-20-12-21-40-41-22-13-23-42(48(41)57-47(37)40)51-53-49(32-15-6-4-7-16-32)52-50(54-51)34-25-27-39-38-19-10-11-24-45(38)56-46(39)30-34/h2-31H,1H2/b14-3-. The van der Waals surface area contributed by atoms with E-state index >= 15 is 0 Å². The van der Waals surface area contributed by atoms with Crippen molar-refractivity contribution in [3.8, 4) is 51.0 Å². The summed E-state index contributed by atoms with van der Waals surface area (Å²) in [6, 6.07) is 55.8. The van der Waals surface area contributed by atoms with Gasteiger partial charge in [0.2, 0.25) is 0 Å². The molecule has 0 bridgehead atoms. The molecule has 11 aromatic rings. The largest absolute Gasteiger partial charge is 0.316 e. The minimum absolute atomic E-state index is 0.655. The van der Waals surface area contributed by atoms with Crippen LogP contribution in [0.4, 0.5) is 0 Å². The molecular formula is C51H32N4S2. The third kappa shape index (κ3) is 5.69. The molecule has 4 nitrogen and oxygen atoms in total. The molecule has 0 amide bonds. The first-order valence-corrected chi connectivity index (χ1v) is 20.5. The zero-order valence-electron chi connectivity index (χ0n) is 30.6. The molecule has 11 rings (SSSR count). The van der Waals surface area contributed by atoms with Crippen LogP contribution in [-0.4, -0.2) is 19.5 Å². The number of benzene rings is 7. The van der Waals surface area contributed by atoms with Crippen molar-refractivity contribution < 1.29 is 0 Å². The maximum absolute atomic E-state index is 5.23. The van der Waals surface area contributed by atoms with Crippen molar-refractivity contribution in [3.63, 3.8) is 0 Å². The van der Waals surface area contributed by atoms with E-state index in [1.807, 2.05) is 30.4 Å². The van der Waals surface area contributed by atoms with Crippen LogP contribution in [0, 0.1) is 0 Å². The van der Waals surface area contributed by atoms with E-state index in [-0.39, 0.29) is 0 Å². The number of para-hydroxylation sites is 1. The van der Waals surface area contributed by atoms with Crippen LogP contribution in [0.3, 0.4) is 0 Å². The van der Waals surface area contributed by atoms with Crippen molar-refractivity contribution in [1.82, 2.24) is 19.5 Å². The Hall–Kier alpha value is -6.99. The molecule has 0 unspecified atom stereocenters. The van der Waals surface area contributed by atoms with E-state index in [1.165, 1.54) is 52.2 Å². The van der Waals surface area contributed by atoms with Gasteiger partial charge in [-0.2, -0.15) is 0 Å². The Morgan fingerprint density at radius 3 is 1.93 bits per heavy atom. The number of allylic oxidation sites excluding steroid dienone is 2. The van der Waals surface area contributed by atoms with E-state index in [2.05, 4.69) is 163 Å². The molecule has 0 N–H and O–H groups in total. The molecule has 57 heavy (non-hydrogen) atoms. The first kappa shape index (κ1) is 33.4. The number of thiophene rings is 2. The van der Waals surface area contributed by atoms with Crippen molar-refractivity contribution in [2.24, 2.45) is 0 Å².